The molecule has 1 saturated heterocycles. The number of halogens is 2. The lowest BCUT2D eigenvalue weighted by Crippen LogP contribution is -2.49. The van der Waals surface area contributed by atoms with Crippen LogP contribution in [0.2, 0.25) is 10.0 Å². The summed E-state index contributed by atoms with van der Waals surface area (Å²) in [6, 6.07) is 1.70. The Hall–Kier alpha value is -1.000. The normalized spacial score (nSPS) is 19.7. The van der Waals surface area contributed by atoms with Crippen LogP contribution in [0.3, 0.4) is 0 Å². The van der Waals surface area contributed by atoms with E-state index in [1.807, 2.05) is 4.90 Å². The molecular formula is C13H15Cl2N3O. The maximum absolute atomic E-state index is 12.0. The Balaban J connectivity index is 1.64. The minimum atomic E-state index is 0.295. The summed E-state index contributed by atoms with van der Waals surface area (Å²) in [4.78, 5) is 20.3. The molecule has 1 amide bonds. The maximum Gasteiger partial charge on any atom is 0.225 e. The number of aromatic nitrogens is 1. The molecule has 102 valence electrons. The Morgan fingerprint density at radius 3 is 2.47 bits per heavy atom. The number of carbonyl (C=O) groups excluding carboxylic acids is 1. The molecule has 4 nitrogen and oxygen atoms in total. The predicted octanol–water partition coefficient (Wildman–Crippen LogP) is 2.45. The molecule has 3 rings (SSSR count). The Morgan fingerprint density at radius 2 is 1.89 bits per heavy atom. The fourth-order valence-electron chi connectivity index (χ4n) is 2.37. The third-order valence-corrected chi connectivity index (χ3v) is 4.09. The molecule has 19 heavy (non-hydrogen) atoms. The first-order chi connectivity index (χ1) is 9.15. The van der Waals surface area contributed by atoms with Gasteiger partial charge in [-0.3, -0.25) is 4.79 Å². The van der Waals surface area contributed by atoms with E-state index >= 15 is 0 Å². The molecule has 2 heterocycles. The second-order valence-electron chi connectivity index (χ2n) is 5.05. The van der Waals surface area contributed by atoms with Crippen molar-refractivity contribution in [2.45, 2.75) is 12.8 Å². The standard InChI is InChI=1S/C13H15Cl2N3O/c14-10-7-11(15)12(16-8-10)17-3-5-18(6-4-17)13(19)9-1-2-9/h7-9H,1-6H2. The first-order valence-electron chi connectivity index (χ1n) is 6.50. The van der Waals surface area contributed by atoms with Gasteiger partial charge in [-0.15, -0.1) is 0 Å². The zero-order valence-electron chi connectivity index (χ0n) is 10.5. The van der Waals surface area contributed by atoms with Gasteiger partial charge in [0.2, 0.25) is 5.91 Å². The van der Waals surface area contributed by atoms with E-state index in [4.69, 9.17) is 23.2 Å². The van der Waals surface area contributed by atoms with Crippen molar-refractivity contribution < 1.29 is 4.79 Å². The van der Waals surface area contributed by atoms with Gasteiger partial charge >= 0.3 is 0 Å². The third-order valence-electron chi connectivity index (χ3n) is 3.61. The van der Waals surface area contributed by atoms with Crippen LogP contribution in [0, 0.1) is 5.92 Å². The van der Waals surface area contributed by atoms with Crippen molar-refractivity contribution in [1.29, 1.82) is 0 Å². The molecule has 0 radical (unpaired) electrons. The van der Waals surface area contributed by atoms with Gasteiger partial charge in [-0.05, 0) is 18.9 Å². The second-order valence-corrected chi connectivity index (χ2v) is 5.89. The largest absolute Gasteiger partial charge is 0.352 e. The zero-order chi connectivity index (χ0) is 13.4. The Morgan fingerprint density at radius 1 is 1.21 bits per heavy atom. The second kappa shape index (κ2) is 5.17. The minimum Gasteiger partial charge on any atom is -0.352 e. The zero-order valence-corrected chi connectivity index (χ0v) is 12.0. The fourth-order valence-corrected chi connectivity index (χ4v) is 2.87. The highest BCUT2D eigenvalue weighted by molar-refractivity contribution is 6.36. The van der Waals surface area contributed by atoms with Crippen molar-refractivity contribution in [3.05, 3.63) is 22.3 Å². The van der Waals surface area contributed by atoms with Crippen LogP contribution in [0.25, 0.3) is 0 Å². The molecule has 0 spiro atoms. The number of nitrogens with zero attached hydrogens (tertiary/aromatic N) is 3. The fraction of sp³-hybridized carbons (Fsp3) is 0.538. The number of hydrogen-bond acceptors (Lipinski definition) is 3. The van der Waals surface area contributed by atoms with Crippen molar-refractivity contribution in [3.63, 3.8) is 0 Å². The molecule has 1 aliphatic carbocycles. The number of piperazine rings is 1. The summed E-state index contributed by atoms with van der Waals surface area (Å²) in [6.45, 7) is 3.03. The van der Waals surface area contributed by atoms with Gasteiger partial charge < -0.3 is 9.80 Å². The van der Waals surface area contributed by atoms with Gasteiger partial charge in [-0.2, -0.15) is 0 Å². The van der Waals surface area contributed by atoms with Crippen LogP contribution in [0.15, 0.2) is 12.3 Å². The lowest BCUT2D eigenvalue weighted by molar-refractivity contribution is -0.132. The van der Waals surface area contributed by atoms with Crippen LogP contribution in [-0.4, -0.2) is 42.0 Å². The van der Waals surface area contributed by atoms with E-state index in [1.165, 1.54) is 0 Å². The Labute approximate surface area is 122 Å². The van der Waals surface area contributed by atoms with E-state index in [-0.39, 0.29) is 0 Å². The number of hydrogen-bond donors (Lipinski definition) is 0. The summed E-state index contributed by atoms with van der Waals surface area (Å²) < 4.78 is 0. The highest BCUT2D eigenvalue weighted by Crippen LogP contribution is 2.32. The van der Waals surface area contributed by atoms with Gasteiger partial charge in [-0.1, -0.05) is 23.2 Å². The number of pyridine rings is 1. The summed E-state index contributed by atoms with van der Waals surface area (Å²) in [5.74, 6) is 1.36. The predicted molar refractivity (Wildman–Crippen MR) is 75.8 cm³/mol. The summed E-state index contributed by atoms with van der Waals surface area (Å²) in [6.07, 6.45) is 3.72. The first-order valence-corrected chi connectivity index (χ1v) is 7.25. The molecule has 1 aromatic rings. The molecule has 0 aromatic carbocycles. The molecule has 2 aliphatic rings. The van der Waals surface area contributed by atoms with Gasteiger partial charge in [0.05, 0.1) is 10.0 Å². The van der Waals surface area contributed by atoms with E-state index in [1.54, 1.807) is 12.3 Å². The summed E-state index contributed by atoms with van der Waals surface area (Å²) >= 11 is 12.0. The molecule has 1 aromatic heterocycles. The number of rotatable bonds is 2. The smallest absolute Gasteiger partial charge is 0.225 e. The van der Waals surface area contributed by atoms with E-state index in [0.717, 1.165) is 44.8 Å². The topological polar surface area (TPSA) is 36.4 Å². The Kier molecular flexibility index (Phi) is 3.54. The average Bonchev–Trinajstić information content (AvgIpc) is 3.22. The van der Waals surface area contributed by atoms with Crippen molar-refractivity contribution in [1.82, 2.24) is 9.88 Å². The molecule has 0 N–H and O–H groups in total. The molecular weight excluding hydrogens is 285 g/mol. The monoisotopic (exact) mass is 299 g/mol. The van der Waals surface area contributed by atoms with E-state index in [9.17, 15) is 4.79 Å². The van der Waals surface area contributed by atoms with Crippen molar-refractivity contribution >= 4 is 34.9 Å². The van der Waals surface area contributed by atoms with Gasteiger partial charge in [-0.25, -0.2) is 4.98 Å². The SMILES string of the molecule is O=C(C1CC1)N1CCN(c2ncc(Cl)cc2Cl)CC1. The van der Waals surface area contributed by atoms with Crippen LogP contribution in [-0.2, 0) is 4.79 Å². The van der Waals surface area contributed by atoms with Gasteiger partial charge in [0, 0.05) is 38.3 Å². The third kappa shape index (κ3) is 2.79. The van der Waals surface area contributed by atoms with Gasteiger partial charge in [0.15, 0.2) is 0 Å². The maximum atomic E-state index is 12.0. The van der Waals surface area contributed by atoms with E-state index in [0.29, 0.717) is 21.9 Å². The lowest BCUT2D eigenvalue weighted by atomic mass is 10.2. The number of amides is 1. The van der Waals surface area contributed by atoms with E-state index < -0.39 is 0 Å². The highest BCUT2D eigenvalue weighted by atomic mass is 35.5. The highest BCUT2D eigenvalue weighted by Gasteiger charge is 2.34. The van der Waals surface area contributed by atoms with E-state index in [2.05, 4.69) is 9.88 Å². The molecule has 0 bridgehead atoms. The number of carbonyl (C=O) groups is 1. The summed E-state index contributed by atoms with van der Waals surface area (Å²) in [5, 5.41) is 1.10. The lowest BCUT2D eigenvalue weighted by Gasteiger charge is -2.35. The summed E-state index contributed by atoms with van der Waals surface area (Å²) in [7, 11) is 0. The van der Waals surface area contributed by atoms with Crippen LogP contribution in [0.4, 0.5) is 5.82 Å². The van der Waals surface area contributed by atoms with Crippen LogP contribution in [0.1, 0.15) is 12.8 Å². The molecule has 2 fully saturated rings. The Bertz CT molecular complexity index is 497. The number of anilines is 1. The quantitative estimate of drug-likeness (QED) is 0.842. The van der Waals surface area contributed by atoms with Gasteiger partial charge in [0.1, 0.15) is 5.82 Å². The first kappa shape index (κ1) is 13.0. The molecule has 6 heteroatoms. The molecule has 0 unspecified atom stereocenters. The van der Waals surface area contributed by atoms with Crippen molar-refractivity contribution in [3.8, 4) is 0 Å². The minimum absolute atomic E-state index is 0.295. The van der Waals surface area contributed by atoms with Crippen LogP contribution < -0.4 is 4.90 Å². The van der Waals surface area contributed by atoms with Crippen LogP contribution in [0.5, 0.6) is 0 Å². The molecule has 0 atom stereocenters. The van der Waals surface area contributed by atoms with Crippen LogP contribution >= 0.6 is 23.2 Å². The summed E-state index contributed by atoms with van der Waals surface area (Å²) in [5.41, 5.74) is 0. The van der Waals surface area contributed by atoms with Crippen molar-refractivity contribution in [2.24, 2.45) is 5.92 Å². The molecule has 1 aliphatic heterocycles. The van der Waals surface area contributed by atoms with Crippen molar-refractivity contribution in [2.75, 3.05) is 31.1 Å². The molecule has 1 saturated carbocycles. The average molecular weight is 300 g/mol. The van der Waals surface area contributed by atoms with Gasteiger partial charge in [0.25, 0.3) is 0 Å².